The van der Waals surface area contributed by atoms with Gasteiger partial charge in [0.15, 0.2) is 0 Å². The molecule has 0 aliphatic carbocycles. The molecule has 7 heteroatoms. The topological polar surface area (TPSA) is 82.0 Å². The number of sulfonamides is 1. The number of piperidine rings is 1. The number of hydrogen-bond donors (Lipinski definition) is 2. The second-order valence-electron chi connectivity index (χ2n) is 5.27. The minimum absolute atomic E-state index is 0.0427. The molecule has 5 nitrogen and oxygen atoms in total. The summed E-state index contributed by atoms with van der Waals surface area (Å²) in [6, 6.07) is 5.96. The lowest BCUT2D eigenvalue weighted by molar-refractivity contribution is 0.320. The Morgan fingerprint density at radius 3 is 2.90 bits per heavy atom. The smallest absolute Gasteiger partial charge is 0.242 e. The van der Waals surface area contributed by atoms with Crippen molar-refractivity contribution in [2.75, 3.05) is 13.1 Å². The van der Waals surface area contributed by atoms with E-state index in [0.29, 0.717) is 0 Å². The third kappa shape index (κ3) is 3.95. The lowest BCUT2D eigenvalue weighted by Gasteiger charge is -2.28. The molecule has 0 amide bonds. The van der Waals surface area contributed by atoms with Crippen molar-refractivity contribution in [1.82, 2.24) is 10.0 Å². The van der Waals surface area contributed by atoms with Crippen LogP contribution in [-0.2, 0) is 10.0 Å². The predicted octanol–water partition coefficient (Wildman–Crippen LogP) is 1.88. The maximum atomic E-state index is 12.4. The van der Waals surface area contributed by atoms with Crippen LogP contribution in [0, 0.1) is 17.2 Å². The molecule has 1 aromatic carbocycles. The predicted molar refractivity (Wildman–Crippen MR) is 81.5 cm³/mol. The van der Waals surface area contributed by atoms with E-state index in [1.807, 2.05) is 13.0 Å². The van der Waals surface area contributed by atoms with Crippen LogP contribution in [0.5, 0.6) is 0 Å². The highest BCUT2D eigenvalue weighted by molar-refractivity contribution is 7.89. The standard InChI is InChI=1S/C14H18ClN3O2S/c1-10(12-3-2-6-17-9-12)18-21(19,20)14-7-11(8-16)4-5-13(14)15/h4-5,7,10,12,17-18H,2-3,6,9H2,1H3. The first-order valence-electron chi connectivity index (χ1n) is 6.87. The van der Waals surface area contributed by atoms with E-state index in [2.05, 4.69) is 10.0 Å². The summed E-state index contributed by atoms with van der Waals surface area (Å²) < 4.78 is 27.6. The van der Waals surface area contributed by atoms with E-state index in [9.17, 15) is 8.42 Å². The number of hydrogen-bond acceptors (Lipinski definition) is 4. The van der Waals surface area contributed by atoms with Crippen LogP contribution in [0.1, 0.15) is 25.3 Å². The van der Waals surface area contributed by atoms with Crippen molar-refractivity contribution in [3.8, 4) is 6.07 Å². The quantitative estimate of drug-likeness (QED) is 0.884. The van der Waals surface area contributed by atoms with Crippen LogP contribution in [-0.4, -0.2) is 27.5 Å². The molecule has 2 atom stereocenters. The van der Waals surface area contributed by atoms with Gasteiger partial charge in [-0.2, -0.15) is 5.26 Å². The van der Waals surface area contributed by atoms with Crippen LogP contribution in [0.3, 0.4) is 0 Å². The van der Waals surface area contributed by atoms with E-state index >= 15 is 0 Å². The molecule has 0 spiro atoms. The molecule has 1 aliphatic rings. The lowest BCUT2D eigenvalue weighted by atomic mass is 9.94. The zero-order valence-electron chi connectivity index (χ0n) is 11.8. The molecule has 0 radical (unpaired) electrons. The van der Waals surface area contributed by atoms with Gasteiger partial charge in [-0.05, 0) is 57.0 Å². The zero-order valence-corrected chi connectivity index (χ0v) is 13.3. The van der Waals surface area contributed by atoms with Crippen molar-refractivity contribution < 1.29 is 8.42 Å². The number of benzene rings is 1. The third-order valence-electron chi connectivity index (χ3n) is 3.73. The van der Waals surface area contributed by atoms with Crippen LogP contribution in [0.4, 0.5) is 0 Å². The highest BCUT2D eigenvalue weighted by Crippen LogP contribution is 2.24. The largest absolute Gasteiger partial charge is 0.316 e. The minimum Gasteiger partial charge on any atom is -0.316 e. The molecule has 1 aromatic rings. The Bertz CT molecular complexity index is 649. The summed E-state index contributed by atoms with van der Waals surface area (Å²) in [5, 5.41) is 12.3. The zero-order chi connectivity index (χ0) is 15.5. The summed E-state index contributed by atoms with van der Waals surface area (Å²) in [5.74, 6) is 0.256. The molecule has 0 aromatic heterocycles. The molecule has 1 saturated heterocycles. The Balaban J connectivity index is 2.20. The molecular formula is C14H18ClN3O2S. The first kappa shape index (κ1) is 16.2. The van der Waals surface area contributed by atoms with Gasteiger partial charge in [-0.1, -0.05) is 11.6 Å². The van der Waals surface area contributed by atoms with Crippen molar-refractivity contribution in [3.63, 3.8) is 0 Å². The summed E-state index contributed by atoms with van der Waals surface area (Å²) in [7, 11) is -3.73. The SMILES string of the molecule is CC(NS(=O)(=O)c1cc(C#N)ccc1Cl)C1CCCNC1. The second kappa shape index (κ2) is 6.75. The van der Waals surface area contributed by atoms with Gasteiger partial charge < -0.3 is 5.32 Å². The molecule has 2 unspecified atom stereocenters. The van der Waals surface area contributed by atoms with Crippen LogP contribution >= 0.6 is 11.6 Å². The van der Waals surface area contributed by atoms with Crippen LogP contribution in [0.15, 0.2) is 23.1 Å². The van der Waals surface area contributed by atoms with E-state index in [4.69, 9.17) is 16.9 Å². The van der Waals surface area contributed by atoms with Gasteiger partial charge in [0.1, 0.15) is 4.90 Å². The van der Waals surface area contributed by atoms with E-state index in [-0.39, 0.29) is 27.4 Å². The molecule has 21 heavy (non-hydrogen) atoms. The van der Waals surface area contributed by atoms with Crippen molar-refractivity contribution in [3.05, 3.63) is 28.8 Å². The fourth-order valence-electron chi connectivity index (χ4n) is 2.49. The summed E-state index contributed by atoms with van der Waals surface area (Å²) in [5.41, 5.74) is 0.270. The molecule has 1 heterocycles. The molecule has 2 rings (SSSR count). The molecule has 0 bridgehead atoms. The van der Waals surface area contributed by atoms with Crippen LogP contribution in [0.25, 0.3) is 0 Å². The van der Waals surface area contributed by atoms with Gasteiger partial charge in [-0.3, -0.25) is 0 Å². The minimum atomic E-state index is -3.73. The maximum absolute atomic E-state index is 12.4. The summed E-state index contributed by atoms with van der Waals surface area (Å²) in [6.07, 6.45) is 2.03. The highest BCUT2D eigenvalue weighted by Gasteiger charge is 2.26. The van der Waals surface area contributed by atoms with Gasteiger partial charge in [-0.15, -0.1) is 0 Å². The average molecular weight is 328 g/mol. The van der Waals surface area contributed by atoms with E-state index in [1.165, 1.54) is 18.2 Å². The Kier molecular flexibility index (Phi) is 5.22. The summed E-state index contributed by atoms with van der Waals surface area (Å²) in [4.78, 5) is -0.0427. The summed E-state index contributed by atoms with van der Waals surface area (Å²) >= 11 is 5.97. The molecule has 0 saturated carbocycles. The molecule has 1 fully saturated rings. The number of nitrogens with zero attached hydrogens (tertiary/aromatic N) is 1. The molecule has 1 aliphatic heterocycles. The van der Waals surface area contributed by atoms with Gasteiger partial charge in [0.05, 0.1) is 16.7 Å². The van der Waals surface area contributed by atoms with E-state index in [0.717, 1.165) is 25.9 Å². The molecule has 2 N–H and O–H groups in total. The Hall–Kier alpha value is -1.13. The summed E-state index contributed by atoms with van der Waals surface area (Å²) in [6.45, 7) is 3.64. The highest BCUT2D eigenvalue weighted by atomic mass is 35.5. The molecule has 114 valence electrons. The fourth-order valence-corrected chi connectivity index (χ4v) is 4.33. The Morgan fingerprint density at radius 2 is 2.29 bits per heavy atom. The first-order valence-corrected chi connectivity index (χ1v) is 8.73. The van der Waals surface area contributed by atoms with E-state index in [1.54, 1.807) is 0 Å². The van der Waals surface area contributed by atoms with Crippen molar-refractivity contribution >= 4 is 21.6 Å². The van der Waals surface area contributed by atoms with Crippen molar-refractivity contribution in [2.24, 2.45) is 5.92 Å². The van der Waals surface area contributed by atoms with Gasteiger partial charge in [0.25, 0.3) is 0 Å². The Labute approximate surface area is 130 Å². The van der Waals surface area contributed by atoms with Gasteiger partial charge >= 0.3 is 0 Å². The number of halogens is 1. The normalized spacial score (nSPS) is 20.7. The van der Waals surface area contributed by atoms with Gasteiger partial charge in [0, 0.05) is 6.04 Å². The monoisotopic (exact) mass is 327 g/mol. The Morgan fingerprint density at radius 1 is 1.52 bits per heavy atom. The second-order valence-corrected chi connectivity index (χ2v) is 7.36. The fraction of sp³-hybridized carbons (Fsp3) is 0.500. The number of rotatable bonds is 4. The maximum Gasteiger partial charge on any atom is 0.242 e. The average Bonchev–Trinajstić information content (AvgIpc) is 2.48. The van der Waals surface area contributed by atoms with Gasteiger partial charge in [-0.25, -0.2) is 13.1 Å². The van der Waals surface area contributed by atoms with Crippen LogP contribution in [0.2, 0.25) is 5.02 Å². The van der Waals surface area contributed by atoms with Crippen molar-refractivity contribution in [1.29, 1.82) is 5.26 Å². The first-order chi connectivity index (χ1) is 9.94. The number of nitriles is 1. The van der Waals surface area contributed by atoms with Crippen LogP contribution < -0.4 is 10.0 Å². The van der Waals surface area contributed by atoms with Crippen molar-refractivity contribution in [2.45, 2.75) is 30.7 Å². The molecular weight excluding hydrogens is 310 g/mol. The number of nitrogens with one attached hydrogen (secondary N) is 2. The third-order valence-corrected chi connectivity index (χ3v) is 5.77. The van der Waals surface area contributed by atoms with E-state index < -0.39 is 10.0 Å². The lowest BCUT2D eigenvalue weighted by Crippen LogP contribution is -2.44. The van der Waals surface area contributed by atoms with Gasteiger partial charge in [0.2, 0.25) is 10.0 Å².